The lowest BCUT2D eigenvalue weighted by Gasteiger charge is -2.40. The number of benzene rings is 2. The number of aromatic nitrogens is 2. The molecule has 1 aliphatic rings. The molecule has 0 radical (unpaired) electrons. The highest BCUT2D eigenvalue weighted by Crippen LogP contribution is 2.26. The molecule has 25 heavy (non-hydrogen) atoms. The van der Waals surface area contributed by atoms with Gasteiger partial charge in [-0.05, 0) is 37.2 Å². The molecule has 5 heteroatoms. The van der Waals surface area contributed by atoms with Gasteiger partial charge < -0.3 is 9.47 Å². The zero-order chi connectivity index (χ0) is 17.4. The molecule has 0 saturated carbocycles. The van der Waals surface area contributed by atoms with Crippen molar-refractivity contribution in [3.63, 3.8) is 0 Å². The molecule has 4 nitrogen and oxygen atoms in total. The first-order valence-corrected chi connectivity index (χ1v) is 9.11. The van der Waals surface area contributed by atoms with E-state index in [9.17, 15) is 0 Å². The largest absolute Gasteiger partial charge is 0.339 e. The van der Waals surface area contributed by atoms with Crippen LogP contribution in [0.3, 0.4) is 0 Å². The first kappa shape index (κ1) is 16.4. The van der Waals surface area contributed by atoms with Crippen molar-refractivity contribution in [3.05, 3.63) is 59.1 Å². The molecule has 1 aromatic heterocycles. The van der Waals surface area contributed by atoms with Gasteiger partial charge in [-0.3, -0.25) is 4.90 Å². The Bertz CT molecular complexity index is 874. The molecule has 4 rings (SSSR count). The highest BCUT2D eigenvalue weighted by atomic mass is 35.5. The van der Waals surface area contributed by atoms with Gasteiger partial charge in [-0.2, -0.15) is 0 Å². The topological polar surface area (TPSA) is 24.3 Å². The van der Waals surface area contributed by atoms with Gasteiger partial charge in [0.05, 0.1) is 11.0 Å². The van der Waals surface area contributed by atoms with Gasteiger partial charge in [0, 0.05) is 37.7 Å². The molecule has 1 unspecified atom stereocenters. The summed E-state index contributed by atoms with van der Waals surface area (Å²) < 4.78 is 2.18. The Hall–Kier alpha value is -2.04. The molecule has 0 amide bonds. The van der Waals surface area contributed by atoms with Crippen LogP contribution in [0.15, 0.2) is 48.5 Å². The van der Waals surface area contributed by atoms with E-state index < -0.39 is 0 Å². The first-order valence-electron chi connectivity index (χ1n) is 8.73. The number of aryl methyl sites for hydroxylation is 1. The van der Waals surface area contributed by atoms with Crippen LogP contribution in [0.2, 0.25) is 5.02 Å². The lowest BCUT2D eigenvalue weighted by atomic mass is 10.0. The molecule has 130 valence electrons. The Labute approximate surface area is 153 Å². The van der Waals surface area contributed by atoms with Crippen molar-refractivity contribution in [2.24, 2.45) is 7.05 Å². The second-order valence-electron chi connectivity index (χ2n) is 6.87. The average molecular weight is 355 g/mol. The summed E-state index contributed by atoms with van der Waals surface area (Å²) in [6.45, 7) is 3.02. The van der Waals surface area contributed by atoms with Crippen LogP contribution >= 0.6 is 11.6 Å². The fourth-order valence-corrected chi connectivity index (χ4v) is 3.84. The maximum Gasteiger partial charge on any atom is 0.206 e. The Morgan fingerprint density at radius 1 is 1.08 bits per heavy atom. The summed E-state index contributed by atoms with van der Waals surface area (Å²) in [6, 6.07) is 17.1. The average Bonchev–Trinajstić information content (AvgIpc) is 2.94. The molecular formula is C20H23ClN4. The standard InChI is InChI=1S/C20H23ClN4/c1-23-10-11-25(14-17(23)12-15-6-4-3-5-7-15)20-22-18-13-16(21)8-9-19(18)24(20)2/h3-9,13,17H,10-12,14H2,1-2H3. The maximum absolute atomic E-state index is 6.13. The second-order valence-corrected chi connectivity index (χ2v) is 7.31. The summed E-state index contributed by atoms with van der Waals surface area (Å²) in [5.41, 5.74) is 3.47. The third-order valence-corrected chi connectivity index (χ3v) is 5.43. The molecule has 1 fully saturated rings. The second kappa shape index (κ2) is 6.70. The fourth-order valence-electron chi connectivity index (χ4n) is 3.68. The van der Waals surface area contributed by atoms with E-state index in [0.29, 0.717) is 6.04 Å². The lowest BCUT2D eigenvalue weighted by Crippen LogP contribution is -2.53. The van der Waals surface area contributed by atoms with Crippen LogP contribution in [-0.4, -0.2) is 47.2 Å². The van der Waals surface area contributed by atoms with Crippen molar-refractivity contribution in [2.45, 2.75) is 12.5 Å². The van der Waals surface area contributed by atoms with Gasteiger partial charge in [-0.25, -0.2) is 4.98 Å². The van der Waals surface area contributed by atoms with Gasteiger partial charge in [0.2, 0.25) is 5.95 Å². The third-order valence-electron chi connectivity index (χ3n) is 5.19. The minimum Gasteiger partial charge on any atom is -0.339 e. The van der Waals surface area contributed by atoms with Gasteiger partial charge in [0.1, 0.15) is 0 Å². The van der Waals surface area contributed by atoms with Crippen LogP contribution in [0.25, 0.3) is 11.0 Å². The summed E-state index contributed by atoms with van der Waals surface area (Å²) in [5, 5.41) is 0.734. The van der Waals surface area contributed by atoms with Gasteiger partial charge >= 0.3 is 0 Å². The zero-order valence-corrected chi connectivity index (χ0v) is 15.4. The Morgan fingerprint density at radius 2 is 1.88 bits per heavy atom. The van der Waals surface area contributed by atoms with E-state index in [4.69, 9.17) is 16.6 Å². The minimum atomic E-state index is 0.486. The number of rotatable bonds is 3. The van der Waals surface area contributed by atoms with E-state index in [1.54, 1.807) is 0 Å². The zero-order valence-electron chi connectivity index (χ0n) is 14.7. The molecule has 0 spiro atoms. The number of hydrogen-bond donors (Lipinski definition) is 0. The fraction of sp³-hybridized carbons (Fsp3) is 0.350. The van der Waals surface area contributed by atoms with Crippen LogP contribution < -0.4 is 4.90 Å². The van der Waals surface area contributed by atoms with Gasteiger partial charge in [-0.1, -0.05) is 41.9 Å². The van der Waals surface area contributed by atoms with Crippen LogP contribution in [0.1, 0.15) is 5.56 Å². The Kier molecular flexibility index (Phi) is 4.40. The summed E-state index contributed by atoms with van der Waals surface area (Å²) in [5.74, 6) is 1.03. The molecule has 1 atom stereocenters. The van der Waals surface area contributed by atoms with Crippen molar-refractivity contribution in [1.29, 1.82) is 0 Å². The SMILES string of the molecule is CN1CCN(c2nc3cc(Cl)ccc3n2C)CC1Cc1ccccc1. The summed E-state index contributed by atoms with van der Waals surface area (Å²) in [4.78, 5) is 9.71. The van der Waals surface area contributed by atoms with Crippen LogP contribution in [0.5, 0.6) is 0 Å². The summed E-state index contributed by atoms with van der Waals surface area (Å²) >= 11 is 6.13. The molecule has 0 aliphatic carbocycles. The molecule has 0 bridgehead atoms. The smallest absolute Gasteiger partial charge is 0.206 e. The highest BCUT2D eigenvalue weighted by Gasteiger charge is 2.27. The van der Waals surface area contributed by atoms with Crippen LogP contribution in [-0.2, 0) is 13.5 Å². The number of likely N-dealkylation sites (N-methyl/N-ethyl adjacent to an activating group) is 1. The van der Waals surface area contributed by atoms with E-state index in [0.717, 1.165) is 48.1 Å². The van der Waals surface area contributed by atoms with Crippen molar-refractivity contribution in [2.75, 3.05) is 31.6 Å². The van der Waals surface area contributed by atoms with Crippen molar-refractivity contribution in [1.82, 2.24) is 14.5 Å². The molecule has 3 aromatic rings. The number of anilines is 1. The van der Waals surface area contributed by atoms with Crippen LogP contribution in [0, 0.1) is 0 Å². The van der Waals surface area contributed by atoms with Crippen molar-refractivity contribution in [3.8, 4) is 0 Å². The quantitative estimate of drug-likeness (QED) is 0.718. The molecular weight excluding hydrogens is 332 g/mol. The summed E-state index contributed by atoms with van der Waals surface area (Å²) in [6.07, 6.45) is 1.06. The number of halogens is 1. The van der Waals surface area contributed by atoms with Crippen LogP contribution in [0.4, 0.5) is 5.95 Å². The van der Waals surface area contributed by atoms with E-state index in [1.165, 1.54) is 5.56 Å². The molecule has 1 aliphatic heterocycles. The summed E-state index contributed by atoms with van der Waals surface area (Å²) in [7, 11) is 4.31. The molecule has 2 heterocycles. The Morgan fingerprint density at radius 3 is 2.68 bits per heavy atom. The third kappa shape index (κ3) is 3.24. The van der Waals surface area contributed by atoms with E-state index >= 15 is 0 Å². The van der Waals surface area contributed by atoms with E-state index in [1.807, 2.05) is 18.2 Å². The normalized spacial score (nSPS) is 18.8. The number of hydrogen-bond acceptors (Lipinski definition) is 3. The van der Waals surface area contributed by atoms with Gasteiger partial charge in [0.15, 0.2) is 0 Å². The van der Waals surface area contributed by atoms with E-state index in [-0.39, 0.29) is 0 Å². The number of imidazole rings is 1. The van der Waals surface area contributed by atoms with Crippen molar-refractivity contribution < 1.29 is 0 Å². The molecule has 0 N–H and O–H groups in total. The van der Waals surface area contributed by atoms with E-state index in [2.05, 4.69) is 58.8 Å². The lowest BCUT2D eigenvalue weighted by molar-refractivity contribution is 0.216. The number of nitrogens with zero attached hydrogens (tertiary/aromatic N) is 4. The number of piperazine rings is 1. The maximum atomic E-state index is 6.13. The van der Waals surface area contributed by atoms with Crippen molar-refractivity contribution >= 4 is 28.6 Å². The first-order chi connectivity index (χ1) is 12.1. The Balaban J connectivity index is 1.59. The monoisotopic (exact) mass is 354 g/mol. The predicted molar refractivity (Wildman–Crippen MR) is 105 cm³/mol. The minimum absolute atomic E-state index is 0.486. The number of fused-ring (bicyclic) bond motifs is 1. The predicted octanol–water partition coefficient (Wildman–Crippen LogP) is 3.59. The highest BCUT2D eigenvalue weighted by molar-refractivity contribution is 6.31. The van der Waals surface area contributed by atoms with Gasteiger partial charge in [-0.15, -0.1) is 0 Å². The molecule has 2 aromatic carbocycles. The molecule has 1 saturated heterocycles. The van der Waals surface area contributed by atoms with Gasteiger partial charge in [0.25, 0.3) is 0 Å².